The highest BCUT2D eigenvalue weighted by Gasteiger charge is 2.01. The molecular weight excluding hydrogens is 186 g/mol. The Bertz CT molecular complexity index is 563. The second kappa shape index (κ2) is 3.31. The van der Waals surface area contributed by atoms with Crippen LogP contribution in [-0.4, -0.2) is 4.57 Å². The quantitative estimate of drug-likeness (QED) is 0.616. The lowest BCUT2D eigenvalue weighted by Crippen LogP contribution is -1.95. The molecule has 0 amide bonds. The number of hydrogen-bond donors (Lipinski definition) is 0. The van der Waals surface area contributed by atoms with E-state index in [1.54, 1.807) is 12.5 Å². The van der Waals surface area contributed by atoms with Gasteiger partial charge in [0.25, 0.3) is 0 Å². The molecule has 0 aliphatic heterocycles. The van der Waals surface area contributed by atoms with Gasteiger partial charge in [-0.05, 0) is 23.6 Å². The van der Waals surface area contributed by atoms with Crippen LogP contribution in [0.5, 0.6) is 0 Å². The molecule has 0 spiro atoms. The van der Waals surface area contributed by atoms with E-state index in [-0.39, 0.29) is 0 Å². The monoisotopic (exact) mass is 197 g/mol. The smallest absolute Gasteiger partial charge is 0.0952 e. The van der Waals surface area contributed by atoms with E-state index in [1.165, 1.54) is 16.5 Å². The molecule has 0 fully saturated rings. The predicted octanol–water partition coefficient (Wildman–Crippen LogP) is 3.28. The minimum Gasteiger partial charge on any atom is -0.472 e. The zero-order valence-corrected chi connectivity index (χ0v) is 8.26. The van der Waals surface area contributed by atoms with Gasteiger partial charge in [-0.2, -0.15) is 0 Å². The average molecular weight is 197 g/mol. The van der Waals surface area contributed by atoms with Crippen molar-refractivity contribution in [1.29, 1.82) is 0 Å². The van der Waals surface area contributed by atoms with Crippen LogP contribution < -0.4 is 0 Å². The fourth-order valence-electron chi connectivity index (χ4n) is 1.86. The second-order valence-electron chi connectivity index (χ2n) is 3.63. The Labute approximate surface area is 87.7 Å². The third kappa shape index (κ3) is 1.44. The molecule has 3 aromatic rings. The van der Waals surface area contributed by atoms with Crippen molar-refractivity contribution in [2.75, 3.05) is 0 Å². The van der Waals surface area contributed by atoms with Crippen molar-refractivity contribution in [3.8, 4) is 0 Å². The van der Waals surface area contributed by atoms with E-state index in [4.69, 9.17) is 4.42 Å². The summed E-state index contributed by atoms with van der Waals surface area (Å²) in [4.78, 5) is 0. The van der Waals surface area contributed by atoms with Crippen LogP contribution in [0.2, 0.25) is 0 Å². The van der Waals surface area contributed by atoms with Crippen LogP contribution in [0.4, 0.5) is 0 Å². The number of furan rings is 1. The molecule has 0 aliphatic carbocycles. The fourth-order valence-corrected chi connectivity index (χ4v) is 1.86. The molecule has 2 nitrogen and oxygen atoms in total. The van der Waals surface area contributed by atoms with E-state index in [2.05, 4.69) is 41.1 Å². The maximum atomic E-state index is 5.06. The predicted molar refractivity (Wildman–Crippen MR) is 59.7 cm³/mol. The van der Waals surface area contributed by atoms with E-state index in [1.807, 2.05) is 6.07 Å². The van der Waals surface area contributed by atoms with E-state index in [0.29, 0.717) is 0 Å². The highest BCUT2D eigenvalue weighted by molar-refractivity contribution is 5.79. The SMILES string of the molecule is c1ccc2c(c1)ccn2Cc1ccoc1. The summed E-state index contributed by atoms with van der Waals surface area (Å²) < 4.78 is 7.28. The number of hydrogen-bond acceptors (Lipinski definition) is 1. The minimum absolute atomic E-state index is 0.865. The minimum atomic E-state index is 0.865. The summed E-state index contributed by atoms with van der Waals surface area (Å²) in [7, 11) is 0. The maximum Gasteiger partial charge on any atom is 0.0952 e. The molecule has 2 aromatic heterocycles. The van der Waals surface area contributed by atoms with E-state index < -0.39 is 0 Å². The summed E-state index contributed by atoms with van der Waals surface area (Å²) in [5.74, 6) is 0. The summed E-state index contributed by atoms with van der Waals surface area (Å²) in [6, 6.07) is 12.5. The van der Waals surface area contributed by atoms with Gasteiger partial charge in [0, 0.05) is 17.3 Å². The van der Waals surface area contributed by atoms with Crippen molar-refractivity contribution in [2.24, 2.45) is 0 Å². The molecular formula is C13H11NO. The zero-order valence-electron chi connectivity index (χ0n) is 8.26. The lowest BCUT2D eigenvalue weighted by atomic mass is 10.2. The largest absolute Gasteiger partial charge is 0.472 e. The molecule has 0 atom stereocenters. The van der Waals surface area contributed by atoms with Gasteiger partial charge < -0.3 is 8.98 Å². The van der Waals surface area contributed by atoms with Crippen LogP contribution in [0.1, 0.15) is 5.56 Å². The number of benzene rings is 1. The molecule has 0 radical (unpaired) electrons. The van der Waals surface area contributed by atoms with E-state index >= 15 is 0 Å². The van der Waals surface area contributed by atoms with Crippen molar-refractivity contribution in [2.45, 2.75) is 6.54 Å². The molecule has 15 heavy (non-hydrogen) atoms. The van der Waals surface area contributed by atoms with Crippen molar-refractivity contribution in [1.82, 2.24) is 4.57 Å². The summed E-state index contributed by atoms with van der Waals surface area (Å²) in [5, 5.41) is 1.28. The standard InChI is InChI=1S/C13H11NO/c1-2-4-13-12(3-1)5-7-14(13)9-11-6-8-15-10-11/h1-8,10H,9H2. The van der Waals surface area contributed by atoms with Crippen LogP contribution in [0.3, 0.4) is 0 Å². The molecule has 2 heterocycles. The Morgan fingerprint density at radius 3 is 2.87 bits per heavy atom. The number of para-hydroxylation sites is 1. The molecule has 2 heteroatoms. The summed E-state index contributed by atoms with van der Waals surface area (Å²) in [6.07, 6.45) is 5.60. The number of nitrogens with zero attached hydrogens (tertiary/aromatic N) is 1. The number of fused-ring (bicyclic) bond motifs is 1. The lowest BCUT2D eigenvalue weighted by molar-refractivity contribution is 0.562. The normalized spacial score (nSPS) is 10.9. The number of aromatic nitrogens is 1. The average Bonchev–Trinajstić information content (AvgIpc) is 2.89. The van der Waals surface area contributed by atoms with Crippen molar-refractivity contribution < 1.29 is 4.42 Å². The molecule has 0 bridgehead atoms. The zero-order chi connectivity index (χ0) is 10.1. The summed E-state index contributed by atoms with van der Waals surface area (Å²) >= 11 is 0. The van der Waals surface area contributed by atoms with Crippen LogP contribution >= 0.6 is 0 Å². The van der Waals surface area contributed by atoms with Gasteiger partial charge in [0.1, 0.15) is 0 Å². The molecule has 0 aliphatic rings. The van der Waals surface area contributed by atoms with Crippen LogP contribution in [0.25, 0.3) is 10.9 Å². The van der Waals surface area contributed by atoms with Crippen LogP contribution in [0.15, 0.2) is 59.5 Å². The Morgan fingerprint density at radius 2 is 2.00 bits per heavy atom. The van der Waals surface area contributed by atoms with E-state index in [9.17, 15) is 0 Å². The summed E-state index contributed by atoms with van der Waals surface area (Å²) in [5.41, 5.74) is 2.45. The lowest BCUT2D eigenvalue weighted by Gasteiger charge is -2.02. The Hall–Kier alpha value is -1.96. The third-order valence-corrected chi connectivity index (χ3v) is 2.61. The first kappa shape index (κ1) is 8.36. The molecule has 0 saturated heterocycles. The van der Waals surface area contributed by atoms with E-state index in [0.717, 1.165) is 6.54 Å². The van der Waals surface area contributed by atoms with Gasteiger partial charge in [-0.15, -0.1) is 0 Å². The molecule has 0 unspecified atom stereocenters. The fraction of sp³-hybridized carbons (Fsp3) is 0.0769. The van der Waals surface area contributed by atoms with Crippen molar-refractivity contribution in [3.63, 3.8) is 0 Å². The van der Waals surface area contributed by atoms with Gasteiger partial charge in [0.2, 0.25) is 0 Å². The van der Waals surface area contributed by atoms with Gasteiger partial charge in [-0.3, -0.25) is 0 Å². The van der Waals surface area contributed by atoms with Gasteiger partial charge >= 0.3 is 0 Å². The third-order valence-electron chi connectivity index (χ3n) is 2.61. The topological polar surface area (TPSA) is 18.1 Å². The van der Waals surface area contributed by atoms with Crippen LogP contribution in [0, 0.1) is 0 Å². The van der Waals surface area contributed by atoms with Gasteiger partial charge in [-0.25, -0.2) is 0 Å². The van der Waals surface area contributed by atoms with Gasteiger partial charge in [-0.1, -0.05) is 18.2 Å². The molecule has 0 N–H and O–H groups in total. The molecule has 1 aromatic carbocycles. The highest BCUT2D eigenvalue weighted by atomic mass is 16.3. The molecule has 0 saturated carbocycles. The van der Waals surface area contributed by atoms with Gasteiger partial charge in [0.05, 0.1) is 19.1 Å². The second-order valence-corrected chi connectivity index (χ2v) is 3.63. The highest BCUT2D eigenvalue weighted by Crippen LogP contribution is 2.16. The Balaban J connectivity index is 2.05. The summed E-state index contributed by atoms with van der Waals surface area (Å²) in [6.45, 7) is 0.865. The van der Waals surface area contributed by atoms with Crippen molar-refractivity contribution >= 4 is 10.9 Å². The first-order valence-corrected chi connectivity index (χ1v) is 4.98. The first-order chi connectivity index (χ1) is 7.43. The Morgan fingerprint density at radius 1 is 1.07 bits per heavy atom. The first-order valence-electron chi connectivity index (χ1n) is 4.98. The maximum absolute atomic E-state index is 5.06. The van der Waals surface area contributed by atoms with Crippen LogP contribution in [-0.2, 0) is 6.54 Å². The number of rotatable bonds is 2. The van der Waals surface area contributed by atoms with Crippen molar-refractivity contribution in [3.05, 3.63) is 60.7 Å². The molecule has 3 rings (SSSR count). The molecule has 74 valence electrons. The Kier molecular flexibility index (Phi) is 1.85. The van der Waals surface area contributed by atoms with Gasteiger partial charge in [0.15, 0.2) is 0 Å².